The molecule has 0 aromatic carbocycles. The first-order chi connectivity index (χ1) is 11.2. The monoisotopic (exact) mass is 317 g/mol. The fourth-order valence-corrected chi connectivity index (χ4v) is 2.77. The summed E-state index contributed by atoms with van der Waals surface area (Å²) in [6.45, 7) is 5.52. The zero-order chi connectivity index (χ0) is 16.1. The molecule has 0 saturated carbocycles. The number of carbonyl (C=O) groups excluding carboxylic acids is 1. The molecule has 124 valence electrons. The minimum absolute atomic E-state index is 0.143. The van der Waals surface area contributed by atoms with Crippen LogP contribution in [0.4, 0.5) is 0 Å². The van der Waals surface area contributed by atoms with Crippen molar-refractivity contribution in [1.82, 2.24) is 24.8 Å². The standard InChI is InChI=1S/C16H23N5O2/c1-13(12-16(22)20-8-10-23-11-9-20)17-6-5-15-19-18-14-4-2-3-7-21(14)15/h2-4,7,13,17H,5-6,8-12H2,1H3. The largest absolute Gasteiger partial charge is 0.378 e. The molecular weight excluding hydrogens is 294 g/mol. The van der Waals surface area contributed by atoms with Crippen molar-refractivity contribution in [1.29, 1.82) is 0 Å². The van der Waals surface area contributed by atoms with Gasteiger partial charge >= 0.3 is 0 Å². The molecule has 1 aliphatic heterocycles. The number of hydrogen-bond donors (Lipinski definition) is 1. The van der Waals surface area contributed by atoms with Crippen molar-refractivity contribution >= 4 is 11.6 Å². The average Bonchev–Trinajstić information content (AvgIpc) is 2.99. The third-order valence-electron chi connectivity index (χ3n) is 4.07. The highest BCUT2D eigenvalue weighted by Gasteiger charge is 2.18. The lowest BCUT2D eigenvalue weighted by Gasteiger charge is -2.28. The summed E-state index contributed by atoms with van der Waals surface area (Å²) in [4.78, 5) is 14.1. The molecule has 1 fully saturated rings. The minimum atomic E-state index is 0.143. The van der Waals surface area contributed by atoms with E-state index in [1.165, 1.54) is 0 Å². The van der Waals surface area contributed by atoms with Gasteiger partial charge in [-0.25, -0.2) is 0 Å². The number of morpholine rings is 1. The normalized spacial score (nSPS) is 16.7. The number of fused-ring (bicyclic) bond motifs is 1. The van der Waals surface area contributed by atoms with E-state index in [1.807, 2.05) is 40.6 Å². The summed E-state index contributed by atoms with van der Waals surface area (Å²) < 4.78 is 7.26. The molecule has 1 aliphatic rings. The maximum Gasteiger partial charge on any atom is 0.224 e. The summed E-state index contributed by atoms with van der Waals surface area (Å²) in [6.07, 6.45) is 3.26. The number of rotatable bonds is 6. The number of nitrogens with one attached hydrogen (secondary N) is 1. The number of ether oxygens (including phenoxy) is 1. The van der Waals surface area contributed by atoms with Crippen molar-refractivity contribution in [2.24, 2.45) is 0 Å². The zero-order valence-electron chi connectivity index (χ0n) is 13.4. The first-order valence-electron chi connectivity index (χ1n) is 8.11. The highest BCUT2D eigenvalue weighted by molar-refractivity contribution is 5.76. The van der Waals surface area contributed by atoms with Crippen LogP contribution in [0.5, 0.6) is 0 Å². The Labute approximate surface area is 135 Å². The lowest BCUT2D eigenvalue weighted by atomic mass is 10.2. The summed E-state index contributed by atoms with van der Waals surface area (Å²) in [6, 6.07) is 6.00. The van der Waals surface area contributed by atoms with Crippen LogP contribution < -0.4 is 5.32 Å². The summed E-state index contributed by atoms with van der Waals surface area (Å²) in [7, 11) is 0. The quantitative estimate of drug-likeness (QED) is 0.840. The Hall–Kier alpha value is -1.99. The van der Waals surface area contributed by atoms with Crippen LogP contribution in [-0.4, -0.2) is 64.3 Å². The first-order valence-corrected chi connectivity index (χ1v) is 8.11. The second-order valence-electron chi connectivity index (χ2n) is 5.85. The van der Waals surface area contributed by atoms with Crippen LogP contribution in [-0.2, 0) is 16.0 Å². The molecule has 1 amide bonds. The van der Waals surface area contributed by atoms with Gasteiger partial charge in [0.2, 0.25) is 5.91 Å². The first kappa shape index (κ1) is 15.9. The van der Waals surface area contributed by atoms with Gasteiger partial charge in [-0.1, -0.05) is 6.07 Å². The third-order valence-corrected chi connectivity index (χ3v) is 4.07. The molecule has 0 radical (unpaired) electrons. The van der Waals surface area contributed by atoms with Crippen LogP contribution >= 0.6 is 0 Å². The Morgan fingerprint density at radius 3 is 3.00 bits per heavy atom. The Kier molecular flexibility index (Phi) is 5.19. The van der Waals surface area contributed by atoms with E-state index in [0.29, 0.717) is 32.7 Å². The van der Waals surface area contributed by atoms with Crippen molar-refractivity contribution < 1.29 is 9.53 Å². The fraction of sp³-hybridized carbons (Fsp3) is 0.562. The van der Waals surface area contributed by atoms with Gasteiger partial charge in [-0.15, -0.1) is 10.2 Å². The molecule has 0 aliphatic carbocycles. The second-order valence-corrected chi connectivity index (χ2v) is 5.85. The molecule has 7 nitrogen and oxygen atoms in total. The third kappa shape index (κ3) is 4.05. The number of nitrogens with zero attached hydrogens (tertiary/aromatic N) is 4. The molecule has 7 heteroatoms. The van der Waals surface area contributed by atoms with Crippen molar-refractivity contribution in [2.75, 3.05) is 32.8 Å². The van der Waals surface area contributed by atoms with Gasteiger partial charge in [-0.2, -0.15) is 0 Å². The summed E-state index contributed by atoms with van der Waals surface area (Å²) in [5.41, 5.74) is 0.859. The SMILES string of the molecule is CC(CC(=O)N1CCOCC1)NCCc1nnc2ccccn12. The Balaban J connectivity index is 1.44. The number of pyridine rings is 1. The average molecular weight is 317 g/mol. The molecule has 1 atom stereocenters. The molecule has 2 aromatic heterocycles. The number of aromatic nitrogens is 3. The molecule has 0 bridgehead atoms. The van der Waals surface area contributed by atoms with Crippen LogP contribution in [0, 0.1) is 0 Å². The molecule has 1 saturated heterocycles. The van der Waals surface area contributed by atoms with Crippen molar-refractivity contribution in [3.05, 3.63) is 30.2 Å². The van der Waals surface area contributed by atoms with Crippen LogP contribution in [0.3, 0.4) is 0 Å². The number of carbonyl (C=O) groups is 1. The molecule has 3 rings (SSSR count). The van der Waals surface area contributed by atoms with Crippen molar-refractivity contribution in [3.63, 3.8) is 0 Å². The topological polar surface area (TPSA) is 71.8 Å². The molecule has 1 N–H and O–H groups in total. The number of hydrogen-bond acceptors (Lipinski definition) is 5. The summed E-state index contributed by atoms with van der Waals surface area (Å²) in [5.74, 6) is 1.13. The van der Waals surface area contributed by atoms with Gasteiger partial charge in [0.1, 0.15) is 5.82 Å². The highest BCUT2D eigenvalue weighted by Crippen LogP contribution is 2.05. The maximum absolute atomic E-state index is 12.2. The lowest BCUT2D eigenvalue weighted by molar-refractivity contribution is -0.135. The molecule has 23 heavy (non-hydrogen) atoms. The lowest BCUT2D eigenvalue weighted by Crippen LogP contribution is -2.43. The van der Waals surface area contributed by atoms with Gasteiger partial charge in [-0.3, -0.25) is 9.20 Å². The molecule has 2 aromatic rings. The van der Waals surface area contributed by atoms with E-state index >= 15 is 0 Å². The smallest absolute Gasteiger partial charge is 0.224 e. The molecule has 0 spiro atoms. The van der Waals surface area contributed by atoms with Gasteiger partial charge in [0, 0.05) is 44.7 Å². The van der Waals surface area contributed by atoms with E-state index < -0.39 is 0 Å². The number of amides is 1. The predicted molar refractivity (Wildman–Crippen MR) is 86.2 cm³/mol. The highest BCUT2D eigenvalue weighted by atomic mass is 16.5. The van der Waals surface area contributed by atoms with Gasteiger partial charge in [0.25, 0.3) is 0 Å². The van der Waals surface area contributed by atoms with Gasteiger partial charge < -0.3 is 15.0 Å². The van der Waals surface area contributed by atoms with E-state index in [9.17, 15) is 4.79 Å². The van der Waals surface area contributed by atoms with E-state index in [2.05, 4.69) is 15.5 Å². The minimum Gasteiger partial charge on any atom is -0.378 e. The Morgan fingerprint density at radius 2 is 2.17 bits per heavy atom. The van der Waals surface area contributed by atoms with Crippen LogP contribution in [0.15, 0.2) is 24.4 Å². The fourth-order valence-electron chi connectivity index (χ4n) is 2.77. The van der Waals surface area contributed by atoms with E-state index in [-0.39, 0.29) is 11.9 Å². The van der Waals surface area contributed by atoms with Crippen LogP contribution in [0.2, 0.25) is 0 Å². The Bertz CT molecular complexity index is 651. The maximum atomic E-state index is 12.2. The summed E-state index contributed by atoms with van der Waals surface area (Å²) >= 11 is 0. The van der Waals surface area contributed by atoms with Crippen LogP contribution in [0.25, 0.3) is 5.65 Å². The zero-order valence-corrected chi connectivity index (χ0v) is 13.4. The van der Waals surface area contributed by atoms with E-state index in [4.69, 9.17) is 4.74 Å². The van der Waals surface area contributed by atoms with Crippen molar-refractivity contribution in [3.8, 4) is 0 Å². The molecule has 1 unspecified atom stereocenters. The van der Waals surface area contributed by atoms with Gasteiger partial charge in [0.05, 0.1) is 13.2 Å². The summed E-state index contributed by atoms with van der Waals surface area (Å²) in [5, 5.41) is 11.7. The second kappa shape index (κ2) is 7.52. The molecule has 3 heterocycles. The van der Waals surface area contributed by atoms with E-state index in [1.54, 1.807) is 0 Å². The molecular formula is C16H23N5O2. The van der Waals surface area contributed by atoms with E-state index in [0.717, 1.165) is 24.4 Å². The Morgan fingerprint density at radius 1 is 1.35 bits per heavy atom. The van der Waals surface area contributed by atoms with Gasteiger partial charge in [0.15, 0.2) is 5.65 Å². The van der Waals surface area contributed by atoms with Crippen molar-refractivity contribution in [2.45, 2.75) is 25.8 Å². The van der Waals surface area contributed by atoms with Gasteiger partial charge in [-0.05, 0) is 19.1 Å². The predicted octanol–water partition coefficient (Wildman–Crippen LogP) is 0.499. The van der Waals surface area contributed by atoms with Crippen LogP contribution in [0.1, 0.15) is 19.2 Å².